The van der Waals surface area contributed by atoms with Crippen LogP contribution in [0.25, 0.3) is 0 Å². The highest BCUT2D eigenvalue weighted by Crippen LogP contribution is 1.92. The van der Waals surface area contributed by atoms with Gasteiger partial charge in [0.15, 0.2) is 0 Å². The molecular formula is C6H7N3. The molecule has 0 saturated heterocycles. The molecule has 0 atom stereocenters. The first-order chi connectivity index (χ1) is 4.39. The Bertz CT molecular complexity index is 168. The number of hydrogen-bond donors (Lipinski definition) is 1. The van der Waals surface area contributed by atoms with E-state index in [2.05, 4.69) is 11.6 Å². The Labute approximate surface area is 53.8 Å². The molecule has 1 rings (SSSR count). The monoisotopic (exact) mass is 121 g/mol. The smallest absolute Gasteiger partial charge is 0.0500 e. The van der Waals surface area contributed by atoms with Gasteiger partial charge in [-0.15, -0.1) is 0 Å². The van der Waals surface area contributed by atoms with Crippen molar-refractivity contribution in [2.75, 3.05) is 5.73 Å². The molecule has 0 aromatic carbocycles. The van der Waals surface area contributed by atoms with Gasteiger partial charge in [0, 0.05) is 19.0 Å². The van der Waals surface area contributed by atoms with Crippen LogP contribution in [0.3, 0.4) is 0 Å². The first-order valence-corrected chi connectivity index (χ1v) is 2.31. The van der Waals surface area contributed by atoms with Crippen LogP contribution in [0.2, 0.25) is 0 Å². The van der Waals surface area contributed by atoms with Crippen molar-refractivity contribution in [2.45, 2.75) is 0 Å². The van der Waals surface area contributed by atoms with Crippen LogP contribution in [0.1, 0.15) is 0 Å². The first kappa shape index (κ1) is 7.44. The average molecular weight is 121 g/mol. The van der Waals surface area contributed by atoms with Crippen molar-refractivity contribution in [2.24, 2.45) is 0 Å². The van der Waals surface area contributed by atoms with Gasteiger partial charge >= 0.3 is 0 Å². The first-order valence-electron chi connectivity index (χ1n) is 2.31. The van der Waals surface area contributed by atoms with Crippen molar-refractivity contribution < 1.29 is 0 Å². The lowest BCUT2D eigenvalue weighted by atomic mass is 10.4. The summed E-state index contributed by atoms with van der Waals surface area (Å²) in [7, 11) is 0. The molecule has 0 bridgehead atoms. The molecule has 0 amide bonds. The zero-order chi connectivity index (χ0) is 7.11. The van der Waals surface area contributed by atoms with E-state index >= 15 is 0 Å². The molecule has 1 heterocycles. The SMILES string of the molecule is C#N.Nc1cccnc1. The van der Waals surface area contributed by atoms with Crippen molar-refractivity contribution in [3.05, 3.63) is 24.5 Å². The van der Waals surface area contributed by atoms with Gasteiger partial charge < -0.3 is 5.73 Å². The van der Waals surface area contributed by atoms with E-state index in [0.29, 0.717) is 5.69 Å². The molecule has 0 aliphatic rings. The third kappa shape index (κ3) is 3.06. The molecule has 0 aliphatic heterocycles. The maximum absolute atomic E-state index is 6.50. The van der Waals surface area contributed by atoms with E-state index in [9.17, 15) is 0 Å². The second-order valence-electron chi connectivity index (χ2n) is 1.29. The summed E-state index contributed by atoms with van der Waals surface area (Å²) < 4.78 is 0. The second-order valence-corrected chi connectivity index (χ2v) is 1.29. The summed E-state index contributed by atoms with van der Waals surface area (Å²) in [6.07, 6.45) is 3.30. The lowest BCUT2D eigenvalue weighted by Gasteiger charge is -1.83. The second kappa shape index (κ2) is 4.60. The summed E-state index contributed by atoms with van der Waals surface area (Å²) >= 11 is 0. The zero-order valence-electron chi connectivity index (χ0n) is 4.86. The predicted molar refractivity (Wildman–Crippen MR) is 35.3 cm³/mol. The van der Waals surface area contributed by atoms with Gasteiger partial charge in [-0.1, -0.05) is 0 Å². The van der Waals surface area contributed by atoms with Crippen LogP contribution in [-0.2, 0) is 0 Å². The van der Waals surface area contributed by atoms with E-state index in [1.807, 2.05) is 0 Å². The number of anilines is 1. The summed E-state index contributed by atoms with van der Waals surface area (Å²) in [5.41, 5.74) is 6.01. The number of aromatic nitrogens is 1. The molecule has 2 N–H and O–H groups in total. The number of hydrogen-bond acceptors (Lipinski definition) is 3. The fraction of sp³-hybridized carbons (Fsp3) is 0. The van der Waals surface area contributed by atoms with Gasteiger partial charge in [0.2, 0.25) is 0 Å². The number of nitrogens with two attached hydrogens (primary N) is 1. The number of rotatable bonds is 0. The molecule has 0 fully saturated rings. The minimum atomic E-state index is 0.711. The maximum atomic E-state index is 6.50. The fourth-order valence-electron chi connectivity index (χ4n) is 0.376. The van der Waals surface area contributed by atoms with Crippen LogP contribution in [0.15, 0.2) is 24.5 Å². The topological polar surface area (TPSA) is 62.7 Å². The largest absolute Gasteiger partial charge is 0.397 e. The van der Waals surface area contributed by atoms with Gasteiger partial charge in [0.1, 0.15) is 0 Å². The summed E-state index contributed by atoms with van der Waals surface area (Å²) in [5, 5.41) is 6.50. The summed E-state index contributed by atoms with van der Waals surface area (Å²) in [5.74, 6) is 0. The van der Waals surface area contributed by atoms with Crippen molar-refractivity contribution in [3.63, 3.8) is 0 Å². The Balaban J connectivity index is 0.000000291. The molecular weight excluding hydrogens is 114 g/mol. The van der Waals surface area contributed by atoms with Crippen LogP contribution in [0.5, 0.6) is 0 Å². The summed E-state index contributed by atoms with van der Waals surface area (Å²) in [6, 6.07) is 3.60. The van der Waals surface area contributed by atoms with Crippen LogP contribution in [0, 0.1) is 11.8 Å². The van der Waals surface area contributed by atoms with Crippen LogP contribution >= 0.6 is 0 Å². The summed E-state index contributed by atoms with van der Waals surface area (Å²) in [6.45, 7) is 3.50. The van der Waals surface area contributed by atoms with E-state index in [0.717, 1.165) is 0 Å². The van der Waals surface area contributed by atoms with Gasteiger partial charge in [0.25, 0.3) is 0 Å². The lowest BCUT2D eigenvalue weighted by Crippen LogP contribution is -1.82. The van der Waals surface area contributed by atoms with E-state index in [1.54, 1.807) is 24.5 Å². The molecule has 3 nitrogen and oxygen atoms in total. The van der Waals surface area contributed by atoms with E-state index in [4.69, 9.17) is 11.0 Å². The molecule has 0 aliphatic carbocycles. The van der Waals surface area contributed by atoms with E-state index in [-0.39, 0.29) is 0 Å². The minimum absolute atomic E-state index is 0.711. The Morgan fingerprint density at radius 2 is 2.22 bits per heavy atom. The molecule has 9 heavy (non-hydrogen) atoms. The molecule has 46 valence electrons. The summed E-state index contributed by atoms with van der Waals surface area (Å²) in [4.78, 5) is 3.76. The number of nitrogen functional groups attached to an aromatic ring is 1. The minimum Gasteiger partial charge on any atom is -0.397 e. The highest BCUT2D eigenvalue weighted by Gasteiger charge is 1.73. The Morgan fingerprint density at radius 3 is 2.44 bits per heavy atom. The molecule has 0 saturated carbocycles. The number of nitrogens with zero attached hydrogens (tertiary/aromatic N) is 2. The zero-order valence-corrected chi connectivity index (χ0v) is 4.86. The van der Waals surface area contributed by atoms with Crippen molar-refractivity contribution >= 4 is 5.69 Å². The Hall–Kier alpha value is -1.56. The lowest BCUT2D eigenvalue weighted by molar-refractivity contribution is 1.33. The van der Waals surface area contributed by atoms with Crippen LogP contribution < -0.4 is 5.73 Å². The number of pyridine rings is 1. The van der Waals surface area contributed by atoms with Gasteiger partial charge in [-0.05, 0) is 12.1 Å². The average Bonchev–Trinajstić information content (AvgIpc) is 1.94. The fourth-order valence-corrected chi connectivity index (χ4v) is 0.376. The highest BCUT2D eigenvalue weighted by molar-refractivity contribution is 5.32. The molecule has 0 unspecified atom stereocenters. The molecule has 3 heteroatoms. The third-order valence-electron chi connectivity index (χ3n) is 0.684. The number of nitriles is 1. The van der Waals surface area contributed by atoms with E-state index in [1.165, 1.54) is 0 Å². The standard InChI is InChI=1S/C5H6N2.CHN/c6-5-2-1-3-7-4-5;1-2/h1-4H,6H2;1H. The predicted octanol–water partition coefficient (Wildman–Crippen LogP) is 0.804. The van der Waals surface area contributed by atoms with Gasteiger partial charge in [-0.3, -0.25) is 4.98 Å². The Morgan fingerprint density at radius 1 is 1.56 bits per heavy atom. The molecule has 1 aromatic rings. The van der Waals surface area contributed by atoms with Crippen molar-refractivity contribution in [1.29, 1.82) is 5.26 Å². The normalized spacial score (nSPS) is 6.89. The molecule has 0 radical (unpaired) electrons. The van der Waals surface area contributed by atoms with Gasteiger partial charge in [0.05, 0.1) is 5.69 Å². The maximum Gasteiger partial charge on any atom is 0.0500 e. The van der Waals surface area contributed by atoms with Gasteiger partial charge in [-0.25, -0.2) is 5.26 Å². The molecule has 0 spiro atoms. The van der Waals surface area contributed by atoms with Crippen LogP contribution in [-0.4, -0.2) is 4.98 Å². The third-order valence-corrected chi connectivity index (χ3v) is 0.684. The van der Waals surface area contributed by atoms with Crippen molar-refractivity contribution in [3.8, 4) is 6.57 Å². The Kier molecular flexibility index (Phi) is 3.80. The molecule has 1 aromatic heterocycles. The van der Waals surface area contributed by atoms with Crippen molar-refractivity contribution in [1.82, 2.24) is 4.98 Å². The van der Waals surface area contributed by atoms with Gasteiger partial charge in [-0.2, -0.15) is 0 Å². The highest BCUT2D eigenvalue weighted by atomic mass is 14.7. The van der Waals surface area contributed by atoms with Crippen LogP contribution in [0.4, 0.5) is 5.69 Å². The quantitative estimate of drug-likeness (QED) is 0.552. The van der Waals surface area contributed by atoms with E-state index < -0.39 is 0 Å².